The summed E-state index contributed by atoms with van der Waals surface area (Å²) >= 11 is 0. The Morgan fingerprint density at radius 2 is 2.00 bits per heavy atom. The van der Waals surface area contributed by atoms with Crippen molar-refractivity contribution in [1.82, 2.24) is 10.6 Å². The van der Waals surface area contributed by atoms with Crippen LogP contribution in [-0.4, -0.2) is 32.4 Å². The minimum atomic E-state index is -0.0476. The highest BCUT2D eigenvalue weighted by Crippen LogP contribution is 2.36. The molecule has 5 nitrogen and oxygen atoms in total. The first-order valence-corrected chi connectivity index (χ1v) is 7.83. The summed E-state index contributed by atoms with van der Waals surface area (Å²) in [6.45, 7) is 9.80. The molecule has 1 aromatic carbocycles. The Hall–Kier alpha value is -1.18. The van der Waals surface area contributed by atoms with E-state index in [1.807, 2.05) is 6.07 Å². The summed E-state index contributed by atoms with van der Waals surface area (Å²) in [7, 11) is 1.80. The molecule has 0 radical (unpaired) electrons. The Kier molecular flexibility index (Phi) is 7.44. The smallest absolute Gasteiger partial charge is 0.231 e. The van der Waals surface area contributed by atoms with E-state index in [4.69, 9.17) is 9.47 Å². The summed E-state index contributed by atoms with van der Waals surface area (Å²) in [5, 5.41) is 6.78. The second-order valence-electron chi connectivity index (χ2n) is 6.33. The number of nitrogens with zero attached hydrogens (tertiary/aromatic N) is 1. The minimum absolute atomic E-state index is 0. The van der Waals surface area contributed by atoms with Crippen molar-refractivity contribution in [3.8, 4) is 11.5 Å². The third-order valence-electron chi connectivity index (χ3n) is 4.07. The van der Waals surface area contributed by atoms with E-state index in [9.17, 15) is 0 Å². The number of benzene rings is 1. The van der Waals surface area contributed by atoms with Crippen molar-refractivity contribution in [2.24, 2.45) is 4.99 Å². The Morgan fingerprint density at radius 3 is 2.65 bits per heavy atom. The number of nitrogens with one attached hydrogen (secondary N) is 2. The number of hydrogen-bond donors (Lipinski definition) is 2. The molecular formula is C17H28IN3O2. The van der Waals surface area contributed by atoms with E-state index in [0.717, 1.165) is 30.4 Å². The quantitative estimate of drug-likeness (QED) is 0.425. The maximum absolute atomic E-state index is 5.47. The van der Waals surface area contributed by atoms with Crippen LogP contribution in [0.1, 0.15) is 39.7 Å². The molecule has 1 aliphatic heterocycles. The van der Waals surface area contributed by atoms with E-state index >= 15 is 0 Å². The Balaban J connectivity index is 0.00000264. The first-order chi connectivity index (χ1) is 10.5. The highest BCUT2D eigenvalue weighted by molar-refractivity contribution is 14.0. The molecule has 1 aliphatic rings. The van der Waals surface area contributed by atoms with Crippen LogP contribution in [0.2, 0.25) is 0 Å². The number of hydrogen-bond acceptors (Lipinski definition) is 3. The molecule has 130 valence electrons. The normalized spacial score (nSPS) is 14.9. The lowest BCUT2D eigenvalue weighted by atomic mass is 9.84. The van der Waals surface area contributed by atoms with Gasteiger partial charge < -0.3 is 20.1 Å². The van der Waals surface area contributed by atoms with E-state index < -0.39 is 0 Å². The molecule has 2 N–H and O–H groups in total. The zero-order valence-corrected chi connectivity index (χ0v) is 16.9. The highest BCUT2D eigenvalue weighted by Gasteiger charge is 2.24. The van der Waals surface area contributed by atoms with Crippen molar-refractivity contribution in [1.29, 1.82) is 0 Å². The molecule has 6 heteroatoms. The molecule has 0 saturated heterocycles. The number of ether oxygens (including phenoxy) is 2. The second-order valence-corrected chi connectivity index (χ2v) is 6.33. The van der Waals surface area contributed by atoms with E-state index in [-0.39, 0.29) is 29.4 Å². The van der Waals surface area contributed by atoms with Gasteiger partial charge in [-0.15, -0.1) is 24.0 Å². The third kappa shape index (κ3) is 5.16. The topological polar surface area (TPSA) is 54.9 Å². The van der Waals surface area contributed by atoms with Crippen LogP contribution in [0.4, 0.5) is 0 Å². The molecule has 0 fully saturated rings. The molecule has 1 atom stereocenters. The fraction of sp³-hybridized carbons (Fsp3) is 0.588. The van der Waals surface area contributed by atoms with Crippen LogP contribution >= 0.6 is 24.0 Å². The number of guanidine groups is 1. The fourth-order valence-electron chi connectivity index (χ4n) is 2.25. The molecular weight excluding hydrogens is 405 g/mol. The summed E-state index contributed by atoms with van der Waals surface area (Å²) in [5.74, 6) is 2.48. The van der Waals surface area contributed by atoms with Crippen LogP contribution in [0.15, 0.2) is 23.2 Å². The maximum atomic E-state index is 5.47. The van der Waals surface area contributed by atoms with Gasteiger partial charge in [-0.2, -0.15) is 0 Å². The van der Waals surface area contributed by atoms with E-state index in [0.29, 0.717) is 12.8 Å². The summed E-state index contributed by atoms with van der Waals surface area (Å²) < 4.78 is 10.8. The van der Waals surface area contributed by atoms with Crippen molar-refractivity contribution in [2.75, 3.05) is 20.4 Å². The van der Waals surface area contributed by atoms with Gasteiger partial charge in [0.05, 0.1) is 0 Å². The van der Waals surface area contributed by atoms with Crippen LogP contribution in [0.5, 0.6) is 11.5 Å². The van der Waals surface area contributed by atoms with Gasteiger partial charge >= 0.3 is 0 Å². The summed E-state index contributed by atoms with van der Waals surface area (Å²) in [6.07, 6.45) is 1.06. The summed E-state index contributed by atoms with van der Waals surface area (Å²) in [6, 6.07) is 6.54. The van der Waals surface area contributed by atoms with Crippen LogP contribution < -0.4 is 20.1 Å². The number of aliphatic imine (C=N–C) groups is 1. The van der Waals surface area contributed by atoms with E-state index in [1.54, 1.807) is 7.05 Å². The van der Waals surface area contributed by atoms with Gasteiger partial charge in [-0.25, -0.2) is 0 Å². The molecule has 23 heavy (non-hydrogen) atoms. The van der Waals surface area contributed by atoms with Crippen molar-refractivity contribution in [2.45, 2.75) is 45.6 Å². The number of fused-ring (bicyclic) bond motifs is 1. The van der Waals surface area contributed by atoms with Crippen LogP contribution in [0.25, 0.3) is 0 Å². The fourth-order valence-corrected chi connectivity index (χ4v) is 2.25. The van der Waals surface area contributed by atoms with Crippen LogP contribution in [0, 0.1) is 0 Å². The molecule has 1 aromatic rings. The molecule has 0 saturated carbocycles. The molecule has 0 aromatic heterocycles. The van der Waals surface area contributed by atoms with Gasteiger partial charge in [0.1, 0.15) is 0 Å². The van der Waals surface area contributed by atoms with Gasteiger partial charge in [0.25, 0.3) is 0 Å². The number of halogens is 1. The first-order valence-electron chi connectivity index (χ1n) is 7.83. The molecule has 2 rings (SSSR count). The second kappa shape index (κ2) is 8.61. The molecule has 1 unspecified atom stereocenters. The van der Waals surface area contributed by atoms with Gasteiger partial charge in [0, 0.05) is 25.0 Å². The predicted molar refractivity (Wildman–Crippen MR) is 105 cm³/mol. The monoisotopic (exact) mass is 433 g/mol. The van der Waals surface area contributed by atoms with Gasteiger partial charge in [-0.1, -0.05) is 26.8 Å². The average Bonchev–Trinajstić information content (AvgIpc) is 2.98. The summed E-state index contributed by atoms with van der Waals surface area (Å²) in [5.41, 5.74) is 1.16. The van der Waals surface area contributed by atoms with Gasteiger partial charge in [-0.3, -0.25) is 4.99 Å². The molecule has 1 heterocycles. The van der Waals surface area contributed by atoms with Crippen LogP contribution in [-0.2, 0) is 5.41 Å². The van der Waals surface area contributed by atoms with Gasteiger partial charge in [0.15, 0.2) is 17.5 Å². The largest absolute Gasteiger partial charge is 0.454 e. The zero-order valence-electron chi connectivity index (χ0n) is 14.6. The van der Waals surface area contributed by atoms with Crippen molar-refractivity contribution < 1.29 is 9.47 Å². The van der Waals surface area contributed by atoms with Gasteiger partial charge in [-0.05, 0) is 31.0 Å². The lowest BCUT2D eigenvalue weighted by Crippen LogP contribution is -2.46. The SMILES string of the molecule is CCC(C)NC(=NC)NCC(C)(C)c1ccc2c(c1)OCO2.I. The predicted octanol–water partition coefficient (Wildman–Crippen LogP) is 3.27. The van der Waals surface area contributed by atoms with Crippen molar-refractivity contribution >= 4 is 29.9 Å². The highest BCUT2D eigenvalue weighted by atomic mass is 127. The maximum Gasteiger partial charge on any atom is 0.231 e. The average molecular weight is 433 g/mol. The molecule has 0 bridgehead atoms. The Morgan fingerprint density at radius 1 is 1.30 bits per heavy atom. The minimum Gasteiger partial charge on any atom is -0.454 e. The standard InChI is InChI=1S/C17H27N3O2.HI/c1-6-12(2)20-16(18-5)19-10-17(3,4)13-7-8-14-15(9-13)22-11-21-14;/h7-9,12H,6,10-11H2,1-5H3,(H2,18,19,20);1H. The lowest BCUT2D eigenvalue weighted by molar-refractivity contribution is 0.174. The Labute approximate surface area is 156 Å². The third-order valence-corrected chi connectivity index (χ3v) is 4.07. The molecule has 0 aliphatic carbocycles. The van der Waals surface area contributed by atoms with Gasteiger partial charge in [0.2, 0.25) is 6.79 Å². The van der Waals surface area contributed by atoms with Crippen molar-refractivity contribution in [3.63, 3.8) is 0 Å². The summed E-state index contributed by atoms with van der Waals surface area (Å²) in [4.78, 5) is 4.28. The molecule has 0 spiro atoms. The van der Waals surface area contributed by atoms with E-state index in [2.05, 4.69) is 55.5 Å². The lowest BCUT2D eigenvalue weighted by Gasteiger charge is -2.27. The van der Waals surface area contributed by atoms with E-state index in [1.165, 1.54) is 5.56 Å². The van der Waals surface area contributed by atoms with Crippen LogP contribution in [0.3, 0.4) is 0 Å². The number of rotatable bonds is 5. The first kappa shape index (κ1) is 19.9. The van der Waals surface area contributed by atoms with Crippen molar-refractivity contribution in [3.05, 3.63) is 23.8 Å². The zero-order chi connectivity index (χ0) is 16.2. The molecule has 0 amide bonds. The Bertz CT molecular complexity index is 547.